The van der Waals surface area contributed by atoms with E-state index in [4.69, 9.17) is 4.74 Å². The van der Waals surface area contributed by atoms with Crippen LogP contribution in [0.5, 0.6) is 5.88 Å². The molecule has 0 unspecified atom stereocenters. The van der Waals surface area contributed by atoms with Crippen LogP contribution in [0.1, 0.15) is 28.5 Å². The number of benzene rings is 1. The van der Waals surface area contributed by atoms with Crippen LogP contribution < -0.4 is 10.1 Å². The third kappa shape index (κ3) is 3.50. The van der Waals surface area contributed by atoms with Crippen LogP contribution in [0, 0.1) is 13.8 Å². The molecule has 3 rings (SSSR count). The summed E-state index contributed by atoms with van der Waals surface area (Å²) in [6.45, 7) is 6.17. The number of anilines is 1. The summed E-state index contributed by atoms with van der Waals surface area (Å²) >= 11 is 0. The lowest BCUT2D eigenvalue weighted by atomic mass is 10.2. The minimum Gasteiger partial charge on any atom is -0.477 e. The summed E-state index contributed by atoms with van der Waals surface area (Å²) in [5.74, 6) is 0.765. The summed E-state index contributed by atoms with van der Waals surface area (Å²) in [4.78, 5) is 12.6. The van der Waals surface area contributed by atoms with Gasteiger partial charge in [0.05, 0.1) is 24.1 Å². The van der Waals surface area contributed by atoms with E-state index in [-0.39, 0.29) is 5.91 Å². The van der Waals surface area contributed by atoms with Crippen LogP contribution in [-0.4, -0.2) is 32.5 Å². The molecular formula is C18H19N5O2. The Morgan fingerprint density at radius 1 is 1.16 bits per heavy atom. The van der Waals surface area contributed by atoms with Crippen molar-refractivity contribution >= 4 is 11.6 Å². The van der Waals surface area contributed by atoms with Crippen molar-refractivity contribution in [2.75, 3.05) is 11.9 Å². The van der Waals surface area contributed by atoms with Gasteiger partial charge in [-0.25, -0.2) is 4.68 Å². The van der Waals surface area contributed by atoms with Crippen molar-refractivity contribution in [3.05, 3.63) is 59.4 Å². The lowest BCUT2D eigenvalue weighted by Gasteiger charge is -2.08. The van der Waals surface area contributed by atoms with Gasteiger partial charge < -0.3 is 10.1 Å². The predicted molar refractivity (Wildman–Crippen MR) is 94.2 cm³/mol. The SMILES string of the molecule is CCOc1ccc(-n2ncc(C(=O)Nc3ccccc3C)c2C)nn1. The Hall–Kier alpha value is -3.22. The van der Waals surface area contributed by atoms with Gasteiger partial charge in [0.15, 0.2) is 5.82 Å². The number of hydrogen-bond acceptors (Lipinski definition) is 5. The van der Waals surface area contributed by atoms with Crippen LogP contribution in [0.15, 0.2) is 42.6 Å². The van der Waals surface area contributed by atoms with Crippen LogP contribution >= 0.6 is 0 Å². The number of hydrogen-bond donors (Lipinski definition) is 1. The maximum atomic E-state index is 12.6. The molecule has 0 saturated heterocycles. The second-order valence-corrected chi connectivity index (χ2v) is 5.49. The Kier molecular flexibility index (Phi) is 4.74. The fraction of sp³-hybridized carbons (Fsp3) is 0.222. The number of para-hydroxylation sites is 1. The first-order chi connectivity index (χ1) is 12.1. The van der Waals surface area contributed by atoms with Gasteiger partial charge >= 0.3 is 0 Å². The zero-order chi connectivity index (χ0) is 17.8. The van der Waals surface area contributed by atoms with Crippen molar-refractivity contribution in [1.82, 2.24) is 20.0 Å². The summed E-state index contributed by atoms with van der Waals surface area (Å²) in [6, 6.07) is 11.1. The second kappa shape index (κ2) is 7.12. The van der Waals surface area contributed by atoms with E-state index >= 15 is 0 Å². The summed E-state index contributed by atoms with van der Waals surface area (Å²) in [5, 5.41) is 15.2. The molecule has 1 aromatic carbocycles. The molecule has 0 fully saturated rings. The van der Waals surface area contributed by atoms with Gasteiger partial charge in [-0.3, -0.25) is 4.79 Å². The number of nitrogens with zero attached hydrogens (tertiary/aromatic N) is 4. The Morgan fingerprint density at radius 3 is 2.64 bits per heavy atom. The average molecular weight is 337 g/mol. The summed E-state index contributed by atoms with van der Waals surface area (Å²) in [5.41, 5.74) is 2.95. The molecule has 7 heteroatoms. The Morgan fingerprint density at radius 2 is 1.96 bits per heavy atom. The van der Waals surface area contributed by atoms with Crippen LogP contribution in [0.25, 0.3) is 5.82 Å². The molecule has 0 aliphatic rings. The number of amides is 1. The fourth-order valence-electron chi connectivity index (χ4n) is 2.42. The van der Waals surface area contributed by atoms with Gasteiger partial charge in [0.25, 0.3) is 5.91 Å². The molecule has 1 N–H and O–H groups in total. The molecule has 0 aliphatic heterocycles. The number of aryl methyl sites for hydroxylation is 1. The predicted octanol–water partition coefficient (Wildman–Crippen LogP) is 2.93. The van der Waals surface area contributed by atoms with E-state index in [1.54, 1.807) is 16.8 Å². The zero-order valence-corrected chi connectivity index (χ0v) is 14.4. The summed E-state index contributed by atoms with van der Waals surface area (Å²) in [7, 11) is 0. The lowest BCUT2D eigenvalue weighted by Crippen LogP contribution is -2.14. The number of aromatic nitrogens is 4. The van der Waals surface area contributed by atoms with Crippen molar-refractivity contribution in [3.63, 3.8) is 0 Å². The highest BCUT2D eigenvalue weighted by atomic mass is 16.5. The minimum absolute atomic E-state index is 0.211. The first-order valence-electron chi connectivity index (χ1n) is 7.98. The zero-order valence-electron chi connectivity index (χ0n) is 14.4. The molecule has 0 aliphatic carbocycles. The molecule has 25 heavy (non-hydrogen) atoms. The van der Waals surface area contributed by atoms with Crippen molar-refractivity contribution in [1.29, 1.82) is 0 Å². The van der Waals surface area contributed by atoms with E-state index in [0.717, 1.165) is 11.3 Å². The number of nitrogens with one attached hydrogen (secondary N) is 1. The quantitative estimate of drug-likeness (QED) is 0.774. The van der Waals surface area contributed by atoms with Crippen LogP contribution in [0.2, 0.25) is 0 Å². The maximum absolute atomic E-state index is 12.6. The van der Waals surface area contributed by atoms with Gasteiger partial charge in [-0.2, -0.15) is 5.10 Å². The largest absolute Gasteiger partial charge is 0.477 e. The first kappa shape index (κ1) is 16.6. The van der Waals surface area contributed by atoms with Gasteiger partial charge in [-0.15, -0.1) is 10.2 Å². The van der Waals surface area contributed by atoms with Crippen LogP contribution in [-0.2, 0) is 0 Å². The van der Waals surface area contributed by atoms with E-state index in [1.165, 1.54) is 6.20 Å². The lowest BCUT2D eigenvalue weighted by molar-refractivity contribution is 0.102. The molecule has 7 nitrogen and oxygen atoms in total. The fourth-order valence-corrected chi connectivity index (χ4v) is 2.42. The monoisotopic (exact) mass is 337 g/mol. The van der Waals surface area contributed by atoms with Crippen LogP contribution in [0.3, 0.4) is 0 Å². The molecule has 128 valence electrons. The van der Waals surface area contributed by atoms with E-state index in [1.807, 2.05) is 45.0 Å². The van der Waals surface area contributed by atoms with Crippen molar-refractivity contribution in [2.24, 2.45) is 0 Å². The average Bonchev–Trinajstić information content (AvgIpc) is 2.99. The van der Waals surface area contributed by atoms with Crippen LogP contribution in [0.4, 0.5) is 5.69 Å². The molecule has 1 amide bonds. The normalized spacial score (nSPS) is 10.5. The molecule has 0 bridgehead atoms. The van der Waals surface area contributed by atoms with Crippen molar-refractivity contribution in [3.8, 4) is 11.7 Å². The maximum Gasteiger partial charge on any atom is 0.259 e. The molecule has 3 aromatic rings. The Labute approximate surface area is 145 Å². The van der Waals surface area contributed by atoms with E-state index in [0.29, 0.717) is 29.6 Å². The Bertz CT molecular complexity index is 887. The van der Waals surface area contributed by atoms with Gasteiger partial charge in [0, 0.05) is 11.8 Å². The van der Waals surface area contributed by atoms with Gasteiger partial charge in [0.2, 0.25) is 5.88 Å². The number of carbonyl (C=O) groups excluding carboxylic acids is 1. The molecule has 2 aromatic heterocycles. The highest BCUT2D eigenvalue weighted by Gasteiger charge is 2.16. The van der Waals surface area contributed by atoms with E-state index in [2.05, 4.69) is 20.6 Å². The number of rotatable bonds is 5. The number of carbonyl (C=O) groups is 1. The van der Waals surface area contributed by atoms with Crippen molar-refractivity contribution < 1.29 is 9.53 Å². The molecular weight excluding hydrogens is 318 g/mol. The standard InChI is InChI=1S/C18H19N5O2/c1-4-25-17-10-9-16(21-22-17)23-13(3)14(11-19-23)18(24)20-15-8-6-5-7-12(15)2/h5-11H,4H2,1-3H3,(H,20,24). The minimum atomic E-state index is -0.211. The third-order valence-electron chi connectivity index (χ3n) is 3.78. The Balaban J connectivity index is 1.83. The second-order valence-electron chi connectivity index (χ2n) is 5.49. The number of ether oxygens (including phenoxy) is 1. The molecule has 0 radical (unpaired) electrons. The summed E-state index contributed by atoms with van der Waals surface area (Å²) in [6.07, 6.45) is 1.53. The third-order valence-corrected chi connectivity index (χ3v) is 3.78. The van der Waals surface area contributed by atoms with Gasteiger partial charge in [0.1, 0.15) is 0 Å². The van der Waals surface area contributed by atoms with Crippen molar-refractivity contribution in [2.45, 2.75) is 20.8 Å². The molecule has 2 heterocycles. The molecule has 0 spiro atoms. The first-order valence-corrected chi connectivity index (χ1v) is 7.98. The summed E-state index contributed by atoms with van der Waals surface area (Å²) < 4.78 is 6.86. The highest BCUT2D eigenvalue weighted by molar-refractivity contribution is 6.05. The molecule has 0 atom stereocenters. The molecule has 0 saturated carbocycles. The highest BCUT2D eigenvalue weighted by Crippen LogP contribution is 2.18. The van der Waals surface area contributed by atoms with Gasteiger partial charge in [-0.05, 0) is 38.5 Å². The van der Waals surface area contributed by atoms with E-state index < -0.39 is 0 Å². The van der Waals surface area contributed by atoms with Gasteiger partial charge in [-0.1, -0.05) is 18.2 Å². The van der Waals surface area contributed by atoms with E-state index in [9.17, 15) is 4.79 Å². The smallest absolute Gasteiger partial charge is 0.259 e. The topological polar surface area (TPSA) is 81.9 Å².